The van der Waals surface area contributed by atoms with E-state index in [1.165, 1.54) is 12.8 Å². The molecule has 0 radical (unpaired) electrons. The average molecular weight is 393 g/mol. The molecule has 152 valence electrons. The van der Waals surface area contributed by atoms with Crippen LogP contribution in [0.4, 0.5) is 0 Å². The molecule has 5 rings (SSSR count). The Balaban J connectivity index is 1.52. The first-order valence-electron chi connectivity index (χ1n) is 10.4. The van der Waals surface area contributed by atoms with Crippen LogP contribution in [0.15, 0.2) is 30.7 Å². The number of fused-ring (bicyclic) bond motifs is 2. The van der Waals surface area contributed by atoms with Crippen LogP contribution in [0.2, 0.25) is 0 Å². The smallest absolute Gasteiger partial charge is 0.335 e. The van der Waals surface area contributed by atoms with E-state index in [-0.39, 0.29) is 0 Å². The van der Waals surface area contributed by atoms with E-state index in [0.29, 0.717) is 17.5 Å². The lowest BCUT2D eigenvalue weighted by Crippen LogP contribution is -2.34. The molecule has 2 atom stereocenters. The number of carboxylic acids is 1. The quantitative estimate of drug-likeness (QED) is 0.696. The fourth-order valence-corrected chi connectivity index (χ4v) is 4.78. The summed E-state index contributed by atoms with van der Waals surface area (Å²) in [5.74, 6) is 0.897. The number of benzene rings is 1. The van der Waals surface area contributed by atoms with Crippen molar-refractivity contribution in [2.45, 2.75) is 46.3 Å². The molecular formula is C22H27N5O2. The zero-order chi connectivity index (χ0) is 20.2. The van der Waals surface area contributed by atoms with Crippen molar-refractivity contribution < 1.29 is 9.90 Å². The van der Waals surface area contributed by atoms with Crippen LogP contribution in [-0.4, -0.2) is 48.2 Å². The molecular weight excluding hydrogens is 366 g/mol. The van der Waals surface area contributed by atoms with Crippen LogP contribution in [0.3, 0.4) is 0 Å². The third kappa shape index (κ3) is 3.23. The molecule has 1 aliphatic heterocycles. The highest BCUT2D eigenvalue weighted by atomic mass is 16.4. The zero-order valence-corrected chi connectivity index (χ0v) is 17.0. The van der Waals surface area contributed by atoms with Crippen molar-refractivity contribution in [2.75, 3.05) is 13.1 Å². The van der Waals surface area contributed by atoms with Crippen LogP contribution in [0.5, 0.6) is 0 Å². The number of imidazole rings is 2. The molecule has 1 aliphatic carbocycles. The van der Waals surface area contributed by atoms with Crippen LogP contribution in [0.25, 0.3) is 11.0 Å². The van der Waals surface area contributed by atoms with E-state index in [1.807, 2.05) is 18.6 Å². The fraction of sp³-hybridized carbons (Fsp3) is 0.500. The lowest BCUT2D eigenvalue weighted by atomic mass is 9.98. The fourth-order valence-electron chi connectivity index (χ4n) is 4.78. The van der Waals surface area contributed by atoms with Gasteiger partial charge >= 0.3 is 5.97 Å². The summed E-state index contributed by atoms with van der Waals surface area (Å²) in [7, 11) is 0. The van der Waals surface area contributed by atoms with Crippen LogP contribution >= 0.6 is 0 Å². The Morgan fingerprint density at radius 2 is 2.21 bits per heavy atom. The van der Waals surface area contributed by atoms with Crippen molar-refractivity contribution in [3.63, 3.8) is 0 Å². The van der Waals surface area contributed by atoms with E-state index in [1.54, 1.807) is 12.1 Å². The largest absolute Gasteiger partial charge is 0.478 e. The van der Waals surface area contributed by atoms with E-state index in [4.69, 9.17) is 4.98 Å². The van der Waals surface area contributed by atoms with E-state index < -0.39 is 5.97 Å². The summed E-state index contributed by atoms with van der Waals surface area (Å²) < 4.78 is 4.29. The van der Waals surface area contributed by atoms with Crippen molar-refractivity contribution in [2.24, 2.45) is 11.3 Å². The summed E-state index contributed by atoms with van der Waals surface area (Å²) in [5, 5.41) is 9.45. The zero-order valence-electron chi connectivity index (χ0n) is 17.0. The van der Waals surface area contributed by atoms with Crippen molar-refractivity contribution in [1.82, 2.24) is 24.0 Å². The highest BCUT2D eigenvalue weighted by Gasteiger charge is 2.52. The normalized spacial score (nSPS) is 24.0. The molecule has 2 aliphatic rings. The number of likely N-dealkylation sites (tertiary alicyclic amines) is 1. The van der Waals surface area contributed by atoms with E-state index in [0.717, 1.165) is 54.6 Å². The maximum Gasteiger partial charge on any atom is 0.335 e. The molecule has 7 heteroatoms. The number of aryl methyl sites for hydroxylation is 1. The molecule has 0 spiro atoms. The number of aromatic nitrogens is 4. The van der Waals surface area contributed by atoms with Gasteiger partial charge < -0.3 is 14.2 Å². The van der Waals surface area contributed by atoms with Gasteiger partial charge in [0.15, 0.2) is 0 Å². The lowest BCUT2D eigenvalue weighted by Gasteiger charge is -2.29. The summed E-state index contributed by atoms with van der Waals surface area (Å²) in [6, 6.07) is 5.21. The minimum Gasteiger partial charge on any atom is -0.478 e. The maximum atomic E-state index is 11.5. The summed E-state index contributed by atoms with van der Waals surface area (Å²) >= 11 is 0. The average Bonchev–Trinajstić information content (AvgIpc) is 3.02. The van der Waals surface area contributed by atoms with Crippen molar-refractivity contribution in [3.8, 4) is 0 Å². The monoisotopic (exact) mass is 393 g/mol. The summed E-state index contributed by atoms with van der Waals surface area (Å²) in [5.41, 5.74) is 3.68. The number of carbonyl (C=O) groups is 1. The molecule has 2 fully saturated rings. The molecule has 3 aromatic rings. The van der Waals surface area contributed by atoms with Gasteiger partial charge in [-0.25, -0.2) is 14.8 Å². The van der Waals surface area contributed by atoms with Gasteiger partial charge in [0.1, 0.15) is 5.82 Å². The Hall–Kier alpha value is -2.67. The number of piperidine rings is 1. The standard InChI is InChI=1S/C22H27N5O2/c1-3-26-14-23-10-17(26)12-27-19-8-15(21(28)29)4-5-18(19)24-20(27)13-25-7-6-22(2)9-16(22)11-25/h4-5,8,10,14,16H,3,6-7,9,11-13H2,1-2H3,(H,28,29). The van der Waals surface area contributed by atoms with Crippen molar-refractivity contribution in [1.29, 1.82) is 0 Å². The van der Waals surface area contributed by atoms with Gasteiger partial charge in [0.2, 0.25) is 0 Å². The van der Waals surface area contributed by atoms with Crippen LogP contribution in [0.1, 0.15) is 48.6 Å². The van der Waals surface area contributed by atoms with E-state index in [9.17, 15) is 9.90 Å². The second kappa shape index (κ2) is 6.69. The second-order valence-electron chi connectivity index (χ2n) is 8.83. The van der Waals surface area contributed by atoms with E-state index >= 15 is 0 Å². The predicted octanol–water partition coefficient (Wildman–Crippen LogP) is 3.23. The maximum absolute atomic E-state index is 11.5. The molecule has 29 heavy (non-hydrogen) atoms. The van der Waals surface area contributed by atoms with Crippen LogP contribution in [0, 0.1) is 11.3 Å². The number of nitrogens with zero attached hydrogens (tertiary/aromatic N) is 5. The first-order chi connectivity index (χ1) is 14.0. The number of hydrogen-bond acceptors (Lipinski definition) is 4. The lowest BCUT2D eigenvalue weighted by molar-refractivity contribution is 0.0697. The Morgan fingerprint density at radius 1 is 1.34 bits per heavy atom. The van der Waals surface area contributed by atoms with Crippen LogP contribution in [-0.2, 0) is 19.6 Å². The topological polar surface area (TPSA) is 76.2 Å². The van der Waals surface area contributed by atoms with Crippen LogP contribution < -0.4 is 0 Å². The Bertz CT molecular complexity index is 1080. The van der Waals surface area contributed by atoms with Gasteiger partial charge in [0.05, 0.1) is 41.7 Å². The van der Waals surface area contributed by atoms with Gasteiger partial charge in [0.25, 0.3) is 0 Å². The SMILES string of the molecule is CCn1cncc1Cn1c(CN2CCC3(C)CC3C2)nc2ccc(C(=O)O)cc21. The molecule has 1 saturated heterocycles. The predicted molar refractivity (Wildman–Crippen MR) is 110 cm³/mol. The first-order valence-corrected chi connectivity index (χ1v) is 10.4. The minimum atomic E-state index is -0.913. The third-order valence-electron chi connectivity index (χ3n) is 6.91. The molecule has 0 bridgehead atoms. The van der Waals surface area contributed by atoms with Gasteiger partial charge in [-0.15, -0.1) is 0 Å². The van der Waals surface area contributed by atoms with E-state index in [2.05, 4.69) is 32.9 Å². The number of carboxylic acid groups (broad SMARTS) is 1. The first kappa shape index (κ1) is 18.4. The molecule has 3 heterocycles. The molecule has 1 N–H and O–H groups in total. The Labute approximate surface area is 170 Å². The molecule has 1 aromatic carbocycles. The Kier molecular flexibility index (Phi) is 4.24. The minimum absolute atomic E-state index is 0.293. The van der Waals surface area contributed by atoms with Gasteiger partial charge in [-0.3, -0.25) is 4.90 Å². The third-order valence-corrected chi connectivity index (χ3v) is 6.91. The van der Waals surface area contributed by atoms with Gasteiger partial charge in [-0.05, 0) is 55.8 Å². The highest BCUT2D eigenvalue weighted by Crippen LogP contribution is 2.57. The molecule has 2 unspecified atom stereocenters. The summed E-state index contributed by atoms with van der Waals surface area (Å²) in [6.07, 6.45) is 6.33. The number of hydrogen-bond donors (Lipinski definition) is 1. The molecule has 1 saturated carbocycles. The van der Waals surface area contributed by atoms with Crippen molar-refractivity contribution in [3.05, 3.63) is 47.8 Å². The number of aromatic carboxylic acids is 1. The number of rotatable bonds is 6. The molecule has 7 nitrogen and oxygen atoms in total. The highest BCUT2D eigenvalue weighted by molar-refractivity contribution is 5.92. The van der Waals surface area contributed by atoms with Gasteiger partial charge in [-0.1, -0.05) is 6.92 Å². The Morgan fingerprint density at radius 3 is 2.97 bits per heavy atom. The van der Waals surface area contributed by atoms with Gasteiger partial charge in [0, 0.05) is 19.3 Å². The summed E-state index contributed by atoms with van der Waals surface area (Å²) in [4.78, 5) is 23.2. The van der Waals surface area contributed by atoms with Crippen molar-refractivity contribution >= 4 is 17.0 Å². The summed E-state index contributed by atoms with van der Waals surface area (Å²) in [6.45, 7) is 9.02. The molecule has 2 aromatic heterocycles. The molecule has 0 amide bonds. The van der Waals surface area contributed by atoms with Gasteiger partial charge in [-0.2, -0.15) is 0 Å². The second-order valence-corrected chi connectivity index (χ2v) is 8.83.